The molecule has 5 nitrogen and oxygen atoms in total. The lowest BCUT2D eigenvalue weighted by Gasteiger charge is -2.25. The molecule has 28 heavy (non-hydrogen) atoms. The summed E-state index contributed by atoms with van der Waals surface area (Å²) < 4.78 is 33.3. The Labute approximate surface area is 170 Å². The number of ether oxygens (including phenoxy) is 1. The number of nitrogens with one attached hydrogen (secondary N) is 2. The molecule has 158 valence electrons. The van der Waals surface area contributed by atoms with Gasteiger partial charge in [0.1, 0.15) is 0 Å². The highest BCUT2D eigenvalue weighted by atomic mass is 32.2. The third kappa shape index (κ3) is 7.14. The third-order valence-corrected chi connectivity index (χ3v) is 7.37. The van der Waals surface area contributed by atoms with Gasteiger partial charge in [-0.25, -0.2) is 13.1 Å². The molecule has 0 amide bonds. The third-order valence-electron chi connectivity index (χ3n) is 6.07. The Hall–Kier alpha value is -0.950. The molecule has 0 bridgehead atoms. The predicted molar refractivity (Wildman–Crippen MR) is 114 cm³/mol. The zero-order chi connectivity index (χ0) is 19.8. The normalized spacial score (nSPS) is 22.4. The monoisotopic (exact) mass is 408 g/mol. The van der Waals surface area contributed by atoms with E-state index in [1.807, 2.05) is 24.3 Å². The molecule has 6 heteroatoms. The standard InChI is InChI=1S/C22H36N2O3S/c1-18(14-19-8-3-2-4-9-19)23-15-20-10-5-6-11-21(20)17-28(25,26)24-16-22-12-7-13-27-22/h5-6,10-11,18-19,22-24H,2-4,7-9,12-17H2,1H3. The first-order valence-electron chi connectivity index (χ1n) is 10.9. The maximum atomic E-state index is 12.5. The van der Waals surface area contributed by atoms with Crippen molar-refractivity contribution >= 4 is 10.0 Å². The molecule has 1 aromatic rings. The van der Waals surface area contributed by atoms with Gasteiger partial charge in [0.15, 0.2) is 0 Å². The van der Waals surface area contributed by atoms with Gasteiger partial charge in [-0.1, -0.05) is 56.4 Å². The predicted octanol–water partition coefficient (Wildman–Crippen LogP) is 3.73. The van der Waals surface area contributed by atoms with Crippen LogP contribution in [0.1, 0.15) is 69.4 Å². The van der Waals surface area contributed by atoms with Crippen LogP contribution in [0.15, 0.2) is 24.3 Å². The minimum Gasteiger partial charge on any atom is -0.377 e. The fourth-order valence-electron chi connectivity index (χ4n) is 4.44. The van der Waals surface area contributed by atoms with Crippen molar-refractivity contribution in [2.75, 3.05) is 13.2 Å². The summed E-state index contributed by atoms with van der Waals surface area (Å²) in [5, 5.41) is 3.61. The Morgan fingerprint density at radius 3 is 2.54 bits per heavy atom. The lowest BCUT2D eigenvalue weighted by molar-refractivity contribution is 0.114. The SMILES string of the molecule is CC(CC1CCCCC1)NCc1ccccc1CS(=O)(=O)NCC1CCCO1. The zero-order valence-electron chi connectivity index (χ0n) is 17.2. The maximum Gasteiger partial charge on any atom is 0.215 e. The molecular formula is C22H36N2O3S. The molecule has 2 aliphatic rings. The molecule has 1 saturated heterocycles. The topological polar surface area (TPSA) is 67.4 Å². The van der Waals surface area contributed by atoms with E-state index in [-0.39, 0.29) is 11.9 Å². The largest absolute Gasteiger partial charge is 0.377 e. The smallest absolute Gasteiger partial charge is 0.215 e. The quantitative estimate of drug-likeness (QED) is 0.619. The van der Waals surface area contributed by atoms with E-state index in [1.54, 1.807) is 0 Å². The Morgan fingerprint density at radius 1 is 1.07 bits per heavy atom. The minimum absolute atomic E-state index is 0.0207. The van der Waals surface area contributed by atoms with E-state index in [4.69, 9.17) is 4.74 Å². The molecule has 2 atom stereocenters. The van der Waals surface area contributed by atoms with Gasteiger partial charge in [-0.3, -0.25) is 0 Å². The highest BCUT2D eigenvalue weighted by molar-refractivity contribution is 7.88. The fourth-order valence-corrected chi connectivity index (χ4v) is 5.68. The molecule has 1 saturated carbocycles. The van der Waals surface area contributed by atoms with E-state index in [0.717, 1.165) is 36.5 Å². The summed E-state index contributed by atoms with van der Waals surface area (Å²) in [6.07, 6.45) is 10.0. The first kappa shape index (κ1) is 21.8. The Morgan fingerprint density at radius 2 is 1.82 bits per heavy atom. The van der Waals surface area contributed by atoms with Crippen molar-refractivity contribution in [1.82, 2.24) is 10.0 Å². The molecule has 3 rings (SSSR count). The minimum atomic E-state index is -3.36. The van der Waals surface area contributed by atoms with Crippen molar-refractivity contribution in [2.24, 2.45) is 5.92 Å². The van der Waals surface area contributed by atoms with E-state index in [1.165, 1.54) is 38.5 Å². The van der Waals surface area contributed by atoms with Crippen LogP contribution in [-0.4, -0.2) is 33.7 Å². The number of rotatable bonds is 10. The average Bonchev–Trinajstić information content (AvgIpc) is 3.20. The second kappa shape index (κ2) is 10.7. The molecule has 2 unspecified atom stereocenters. The van der Waals surface area contributed by atoms with Gasteiger partial charge in [0.25, 0.3) is 0 Å². The van der Waals surface area contributed by atoms with E-state index in [9.17, 15) is 8.42 Å². The van der Waals surface area contributed by atoms with Crippen LogP contribution in [-0.2, 0) is 27.1 Å². The van der Waals surface area contributed by atoms with Crippen molar-refractivity contribution in [3.63, 3.8) is 0 Å². The van der Waals surface area contributed by atoms with Gasteiger partial charge in [0.05, 0.1) is 11.9 Å². The van der Waals surface area contributed by atoms with Gasteiger partial charge in [0, 0.05) is 25.7 Å². The molecule has 2 N–H and O–H groups in total. The molecule has 1 aliphatic carbocycles. The van der Waals surface area contributed by atoms with Gasteiger partial charge in [-0.05, 0) is 43.2 Å². The van der Waals surface area contributed by atoms with Gasteiger partial charge < -0.3 is 10.1 Å². The molecule has 0 radical (unpaired) electrons. The summed E-state index contributed by atoms with van der Waals surface area (Å²) in [6, 6.07) is 8.31. The first-order chi connectivity index (χ1) is 13.5. The lowest BCUT2D eigenvalue weighted by Crippen LogP contribution is -2.33. The van der Waals surface area contributed by atoms with Crippen LogP contribution in [0.3, 0.4) is 0 Å². The van der Waals surface area contributed by atoms with Crippen LogP contribution in [0.4, 0.5) is 0 Å². The highest BCUT2D eigenvalue weighted by Gasteiger charge is 2.20. The Kier molecular flexibility index (Phi) is 8.33. The number of benzene rings is 1. The van der Waals surface area contributed by atoms with Crippen molar-refractivity contribution in [3.8, 4) is 0 Å². The van der Waals surface area contributed by atoms with Crippen LogP contribution in [0.2, 0.25) is 0 Å². The summed E-state index contributed by atoms with van der Waals surface area (Å²) in [4.78, 5) is 0. The van der Waals surface area contributed by atoms with Crippen LogP contribution in [0.5, 0.6) is 0 Å². The van der Waals surface area contributed by atoms with Crippen molar-refractivity contribution in [3.05, 3.63) is 35.4 Å². The van der Waals surface area contributed by atoms with Crippen LogP contribution in [0, 0.1) is 5.92 Å². The van der Waals surface area contributed by atoms with E-state index < -0.39 is 10.0 Å². The number of sulfonamides is 1. The highest BCUT2D eigenvalue weighted by Crippen LogP contribution is 2.27. The maximum absolute atomic E-state index is 12.5. The zero-order valence-corrected chi connectivity index (χ0v) is 18.0. The number of hydrogen-bond donors (Lipinski definition) is 2. The lowest BCUT2D eigenvalue weighted by atomic mass is 9.85. The van der Waals surface area contributed by atoms with Gasteiger partial charge in [-0.15, -0.1) is 0 Å². The van der Waals surface area contributed by atoms with E-state index in [2.05, 4.69) is 17.0 Å². The van der Waals surface area contributed by atoms with Crippen LogP contribution in [0.25, 0.3) is 0 Å². The van der Waals surface area contributed by atoms with E-state index >= 15 is 0 Å². The molecular weight excluding hydrogens is 372 g/mol. The van der Waals surface area contributed by atoms with E-state index in [0.29, 0.717) is 19.1 Å². The summed E-state index contributed by atoms with van der Waals surface area (Å²) in [6.45, 7) is 4.07. The molecule has 0 aromatic heterocycles. The molecule has 1 aromatic carbocycles. The Balaban J connectivity index is 1.50. The fraction of sp³-hybridized carbons (Fsp3) is 0.727. The van der Waals surface area contributed by atoms with Crippen molar-refractivity contribution in [1.29, 1.82) is 0 Å². The van der Waals surface area contributed by atoms with Crippen molar-refractivity contribution in [2.45, 2.75) is 82.7 Å². The second-order valence-corrected chi connectivity index (χ2v) is 10.3. The Bertz CT molecular complexity index is 695. The van der Waals surface area contributed by atoms with Gasteiger partial charge in [0.2, 0.25) is 10.0 Å². The van der Waals surface area contributed by atoms with Gasteiger partial charge >= 0.3 is 0 Å². The van der Waals surface area contributed by atoms with Crippen LogP contribution >= 0.6 is 0 Å². The molecule has 0 spiro atoms. The average molecular weight is 409 g/mol. The molecule has 2 fully saturated rings. The summed E-state index contributed by atoms with van der Waals surface area (Å²) in [5.74, 6) is 0.864. The molecule has 1 aliphatic heterocycles. The summed E-state index contributed by atoms with van der Waals surface area (Å²) in [5.41, 5.74) is 1.94. The van der Waals surface area contributed by atoms with Crippen LogP contribution < -0.4 is 10.0 Å². The molecule has 1 heterocycles. The summed E-state index contributed by atoms with van der Waals surface area (Å²) in [7, 11) is -3.36. The first-order valence-corrected chi connectivity index (χ1v) is 12.6. The second-order valence-electron chi connectivity index (χ2n) is 8.53. The van der Waals surface area contributed by atoms with Crippen molar-refractivity contribution < 1.29 is 13.2 Å². The van der Waals surface area contributed by atoms with Gasteiger partial charge in [-0.2, -0.15) is 0 Å². The number of hydrogen-bond acceptors (Lipinski definition) is 4. The summed E-state index contributed by atoms with van der Waals surface area (Å²) >= 11 is 0.